The lowest BCUT2D eigenvalue weighted by Gasteiger charge is -2.41. The SMILES string of the molecule is Cc1cccc(Nc2nn(C3(CC#N)CCN(C(=O)OC(C)(C)C)CC3)c3cc[nH]c(=O)c23)c1. The standard InChI is InChI=1S/C25H30N6O3/c1-17-6-5-7-18(16-17)28-21-20-19(8-13-27-22(20)32)31(29-21)25(9-12-26)10-14-30(15-11-25)23(33)34-24(2,3)4/h5-8,13,16H,9-11,14-15H2,1-4H3,(H,27,32)(H,28,29). The van der Waals surface area contributed by atoms with Crippen LogP contribution in [0.5, 0.6) is 0 Å². The third-order valence-electron chi connectivity index (χ3n) is 6.09. The number of carbonyl (C=O) groups excluding carboxylic acids is 1. The molecule has 0 bridgehead atoms. The summed E-state index contributed by atoms with van der Waals surface area (Å²) in [4.78, 5) is 29.8. The van der Waals surface area contributed by atoms with Crippen LogP contribution in [0.15, 0.2) is 41.3 Å². The number of piperidine rings is 1. The minimum absolute atomic E-state index is 0.211. The number of aromatic amines is 1. The highest BCUT2D eigenvalue weighted by molar-refractivity contribution is 5.91. The Labute approximate surface area is 198 Å². The quantitative estimate of drug-likeness (QED) is 0.593. The summed E-state index contributed by atoms with van der Waals surface area (Å²) in [6.07, 6.45) is 2.49. The van der Waals surface area contributed by atoms with Gasteiger partial charge in [0.1, 0.15) is 11.0 Å². The van der Waals surface area contributed by atoms with Gasteiger partial charge in [-0.1, -0.05) is 12.1 Å². The summed E-state index contributed by atoms with van der Waals surface area (Å²) in [5, 5.41) is 18.2. The summed E-state index contributed by atoms with van der Waals surface area (Å²) in [5.41, 5.74) is 1.08. The number of fused-ring (bicyclic) bond motifs is 1. The minimum atomic E-state index is -0.647. The summed E-state index contributed by atoms with van der Waals surface area (Å²) < 4.78 is 7.33. The zero-order valence-electron chi connectivity index (χ0n) is 20.0. The molecule has 3 heterocycles. The molecule has 1 fully saturated rings. The van der Waals surface area contributed by atoms with Crippen LogP contribution in [0.25, 0.3) is 10.9 Å². The fourth-order valence-electron chi connectivity index (χ4n) is 4.43. The van der Waals surface area contributed by atoms with Crippen LogP contribution in [-0.2, 0) is 10.3 Å². The van der Waals surface area contributed by atoms with Crippen molar-refractivity contribution in [3.8, 4) is 6.07 Å². The summed E-state index contributed by atoms with van der Waals surface area (Å²) in [7, 11) is 0. The molecule has 1 aliphatic heterocycles. The van der Waals surface area contributed by atoms with E-state index in [0.717, 1.165) is 11.3 Å². The Morgan fingerprint density at radius 3 is 2.68 bits per heavy atom. The number of nitrogens with zero attached hydrogens (tertiary/aromatic N) is 4. The topological polar surface area (TPSA) is 116 Å². The van der Waals surface area contributed by atoms with Gasteiger partial charge >= 0.3 is 6.09 Å². The number of likely N-dealkylation sites (tertiary alicyclic amines) is 1. The van der Waals surface area contributed by atoms with Crippen molar-refractivity contribution < 1.29 is 9.53 Å². The third-order valence-corrected chi connectivity index (χ3v) is 6.09. The van der Waals surface area contributed by atoms with Crippen molar-refractivity contribution in [1.29, 1.82) is 5.26 Å². The maximum Gasteiger partial charge on any atom is 0.410 e. The van der Waals surface area contributed by atoms with E-state index in [4.69, 9.17) is 9.84 Å². The second kappa shape index (κ2) is 8.86. The number of carbonyl (C=O) groups is 1. The second-order valence-corrected chi connectivity index (χ2v) is 9.85. The monoisotopic (exact) mass is 462 g/mol. The van der Waals surface area contributed by atoms with Crippen molar-refractivity contribution in [2.24, 2.45) is 0 Å². The van der Waals surface area contributed by atoms with Gasteiger partial charge in [-0.25, -0.2) is 4.79 Å². The van der Waals surface area contributed by atoms with Crippen LogP contribution in [0.1, 0.15) is 45.6 Å². The van der Waals surface area contributed by atoms with E-state index in [2.05, 4.69) is 16.4 Å². The Hall–Kier alpha value is -3.80. The van der Waals surface area contributed by atoms with Crippen molar-refractivity contribution in [2.45, 2.75) is 58.1 Å². The number of rotatable bonds is 4. The van der Waals surface area contributed by atoms with Crippen LogP contribution in [-0.4, -0.2) is 44.4 Å². The molecule has 3 aromatic rings. The first-order chi connectivity index (χ1) is 16.1. The van der Waals surface area contributed by atoms with Crippen molar-refractivity contribution >= 4 is 28.5 Å². The molecule has 4 rings (SSSR count). The number of hydrogen-bond acceptors (Lipinski definition) is 6. The fourth-order valence-corrected chi connectivity index (χ4v) is 4.43. The molecule has 1 amide bonds. The van der Waals surface area contributed by atoms with Gasteiger partial charge < -0.3 is 19.9 Å². The van der Waals surface area contributed by atoms with Crippen molar-refractivity contribution in [3.63, 3.8) is 0 Å². The highest BCUT2D eigenvalue weighted by Crippen LogP contribution is 2.37. The predicted molar refractivity (Wildman–Crippen MR) is 130 cm³/mol. The summed E-state index contributed by atoms with van der Waals surface area (Å²) >= 11 is 0. The molecule has 0 aliphatic carbocycles. The zero-order chi connectivity index (χ0) is 24.5. The summed E-state index contributed by atoms with van der Waals surface area (Å²) in [6, 6.07) is 11.9. The molecule has 0 spiro atoms. The van der Waals surface area contributed by atoms with Crippen LogP contribution in [0.4, 0.5) is 16.3 Å². The van der Waals surface area contributed by atoms with E-state index < -0.39 is 11.1 Å². The van der Waals surface area contributed by atoms with Gasteiger partial charge in [0, 0.05) is 25.0 Å². The van der Waals surface area contributed by atoms with Crippen molar-refractivity contribution in [1.82, 2.24) is 19.7 Å². The van der Waals surface area contributed by atoms with E-state index in [1.54, 1.807) is 11.1 Å². The molecule has 0 atom stereocenters. The van der Waals surface area contributed by atoms with E-state index in [1.807, 2.05) is 62.7 Å². The lowest BCUT2D eigenvalue weighted by molar-refractivity contribution is 0.0110. The van der Waals surface area contributed by atoms with Gasteiger partial charge in [0.05, 0.1) is 23.5 Å². The van der Waals surface area contributed by atoms with Gasteiger partial charge in [0.2, 0.25) is 0 Å². The molecule has 9 heteroatoms. The Morgan fingerprint density at radius 1 is 1.29 bits per heavy atom. The van der Waals surface area contributed by atoms with Crippen LogP contribution >= 0.6 is 0 Å². The lowest BCUT2D eigenvalue weighted by Crippen LogP contribution is -2.49. The number of aryl methyl sites for hydroxylation is 1. The summed E-state index contributed by atoms with van der Waals surface area (Å²) in [5.74, 6) is 0.439. The number of amides is 1. The number of hydrogen-bond donors (Lipinski definition) is 2. The number of nitriles is 1. The molecule has 2 aromatic heterocycles. The minimum Gasteiger partial charge on any atom is -0.444 e. The first-order valence-electron chi connectivity index (χ1n) is 11.4. The number of pyridine rings is 1. The average Bonchev–Trinajstić information content (AvgIpc) is 3.13. The molecule has 1 saturated heterocycles. The Bertz CT molecular complexity index is 1300. The maximum atomic E-state index is 12.8. The first-order valence-corrected chi connectivity index (χ1v) is 11.4. The maximum absolute atomic E-state index is 12.8. The van der Waals surface area contributed by atoms with E-state index in [9.17, 15) is 14.9 Å². The molecule has 9 nitrogen and oxygen atoms in total. The molecule has 0 unspecified atom stereocenters. The third kappa shape index (κ3) is 4.62. The summed E-state index contributed by atoms with van der Waals surface area (Å²) in [6.45, 7) is 8.37. The smallest absolute Gasteiger partial charge is 0.410 e. The average molecular weight is 463 g/mol. The van der Waals surface area contributed by atoms with Gasteiger partial charge in [-0.2, -0.15) is 10.4 Å². The molecule has 0 radical (unpaired) electrons. The normalized spacial score (nSPS) is 15.7. The predicted octanol–water partition coefficient (Wildman–Crippen LogP) is 4.42. The van der Waals surface area contributed by atoms with Crippen LogP contribution in [0.2, 0.25) is 0 Å². The van der Waals surface area contributed by atoms with E-state index >= 15 is 0 Å². The first kappa shape index (κ1) is 23.4. The van der Waals surface area contributed by atoms with Crippen LogP contribution in [0, 0.1) is 18.3 Å². The molecular formula is C25H30N6O3. The molecule has 178 valence electrons. The van der Waals surface area contributed by atoms with E-state index in [-0.39, 0.29) is 18.1 Å². The van der Waals surface area contributed by atoms with Crippen LogP contribution < -0.4 is 10.9 Å². The number of H-pyrrole nitrogens is 1. The van der Waals surface area contributed by atoms with Gasteiger partial charge in [-0.3, -0.25) is 9.48 Å². The Balaban J connectivity index is 1.71. The lowest BCUT2D eigenvalue weighted by atomic mass is 9.85. The number of benzene rings is 1. The molecule has 1 aliphatic rings. The largest absolute Gasteiger partial charge is 0.444 e. The van der Waals surface area contributed by atoms with Gasteiger partial charge in [0.15, 0.2) is 5.82 Å². The van der Waals surface area contributed by atoms with Crippen LogP contribution in [0.3, 0.4) is 0 Å². The Kier molecular flexibility index (Phi) is 6.09. The molecule has 0 saturated carbocycles. The van der Waals surface area contributed by atoms with Gasteiger partial charge in [-0.05, 0) is 64.3 Å². The van der Waals surface area contributed by atoms with Crippen molar-refractivity contribution in [2.75, 3.05) is 18.4 Å². The molecule has 2 N–H and O–H groups in total. The van der Waals surface area contributed by atoms with E-state index in [1.165, 1.54) is 0 Å². The second-order valence-electron chi connectivity index (χ2n) is 9.85. The highest BCUT2D eigenvalue weighted by Gasteiger charge is 2.41. The number of aromatic nitrogens is 3. The molecule has 34 heavy (non-hydrogen) atoms. The number of nitrogens with one attached hydrogen (secondary N) is 2. The molecule has 1 aromatic carbocycles. The Morgan fingerprint density at radius 2 is 2.03 bits per heavy atom. The van der Waals surface area contributed by atoms with Gasteiger partial charge in [0.25, 0.3) is 5.56 Å². The molecular weight excluding hydrogens is 432 g/mol. The highest BCUT2D eigenvalue weighted by atomic mass is 16.6. The zero-order valence-corrected chi connectivity index (χ0v) is 20.0. The van der Waals surface area contributed by atoms with Gasteiger partial charge in [-0.15, -0.1) is 0 Å². The fraction of sp³-hybridized carbons (Fsp3) is 0.440. The number of anilines is 2. The van der Waals surface area contributed by atoms with E-state index in [0.29, 0.717) is 42.7 Å². The van der Waals surface area contributed by atoms with Crippen molar-refractivity contribution in [3.05, 3.63) is 52.4 Å². The number of ether oxygens (including phenoxy) is 1.